The first-order valence-corrected chi connectivity index (χ1v) is 6.40. The van der Waals surface area contributed by atoms with E-state index in [1.807, 2.05) is 12.4 Å². The van der Waals surface area contributed by atoms with Gasteiger partial charge in [0, 0.05) is 32.0 Å². The third-order valence-electron chi connectivity index (χ3n) is 3.29. The van der Waals surface area contributed by atoms with Crippen LogP contribution in [0.5, 0.6) is 0 Å². The van der Waals surface area contributed by atoms with Gasteiger partial charge in [-0.05, 0) is 36.2 Å². The van der Waals surface area contributed by atoms with Crippen molar-refractivity contribution in [3.8, 4) is 0 Å². The first-order valence-electron chi connectivity index (χ1n) is 6.40. The Morgan fingerprint density at radius 1 is 1.11 bits per heavy atom. The quantitative estimate of drug-likeness (QED) is 0.873. The van der Waals surface area contributed by atoms with Crippen molar-refractivity contribution >= 4 is 11.4 Å². The minimum atomic E-state index is 0.946. The van der Waals surface area contributed by atoms with Gasteiger partial charge in [0.1, 0.15) is 0 Å². The van der Waals surface area contributed by atoms with E-state index in [0.717, 1.165) is 19.6 Å². The van der Waals surface area contributed by atoms with Gasteiger partial charge >= 0.3 is 0 Å². The van der Waals surface area contributed by atoms with Gasteiger partial charge in [-0.25, -0.2) is 0 Å². The Labute approximate surface area is 107 Å². The summed E-state index contributed by atoms with van der Waals surface area (Å²) in [6, 6.07) is 12.7. The second-order valence-corrected chi connectivity index (χ2v) is 4.57. The largest absolute Gasteiger partial charge is 0.383 e. The molecule has 0 atom stereocenters. The van der Waals surface area contributed by atoms with Crippen molar-refractivity contribution in [2.75, 3.05) is 23.3 Å². The van der Waals surface area contributed by atoms with Gasteiger partial charge in [0.25, 0.3) is 0 Å². The van der Waals surface area contributed by atoms with Crippen molar-refractivity contribution in [2.24, 2.45) is 0 Å². The molecule has 0 saturated heterocycles. The standard InChI is InChI=1S/C15H17N3/c1-2-5-15-14(4-1)17-8-3-11-18(15)12-13-6-9-16-10-7-13/h1-2,4-7,9-10,17H,3,8,11-12H2. The summed E-state index contributed by atoms with van der Waals surface area (Å²) < 4.78 is 0. The van der Waals surface area contributed by atoms with E-state index < -0.39 is 0 Å². The van der Waals surface area contributed by atoms with Crippen molar-refractivity contribution < 1.29 is 0 Å². The molecule has 1 aliphatic heterocycles. The number of hydrogen-bond donors (Lipinski definition) is 1. The van der Waals surface area contributed by atoms with Crippen molar-refractivity contribution in [2.45, 2.75) is 13.0 Å². The highest BCUT2D eigenvalue weighted by atomic mass is 15.2. The van der Waals surface area contributed by atoms with E-state index in [-0.39, 0.29) is 0 Å². The highest BCUT2D eigenvalue weighted by Gasteiger charge is 2.14. The fourth-order valence-corrected chi connectivity index (χ4v) is 2.39. The Bertz CT molecular complexity index is 510. The van der Waals surface area contributed by atoms with Crippen molar-refractivity contribution in [3.05, 3.63) is 54.4 Å². The van der Waals surface area contributed by atoms with Crippen LogP contribution in [0.25, 0.3) is 0 Å². The summed E-state index contributed by atoms with van der Waals surface area (Å²) in [5.41, 5.74) is 3.84. The van der Waals surface area contributed by atoms with Gasteiger partial charge in [-0.2, -0.15) is 0 Å². The number of benzene rings is 1. The fraction of sp³-hybridized carbons (Fsp3) is 0.267. The maximum absolute atomic E-state index is 4.07. The summed E-state index contributed by atoms with van der Waals surface area (Å²) >= 11 is 0. The molecule has 0 aliphatic carbocycles. The number of fused-ring (bicyclic) bond motifs is 1. The summed E-state index contributed by atoms with van der Waals surface area (Å²) in [7, 11) is 0. The minimum absolute atomic E-state index is 0.946. The number of aromatic nitrogens is 1. The molecule has 0 unspecified atom stereocenters. The van der Waals surface area contributed by atoms with E-state index in [1.165, 1.54) is 23.4 Å². The molecule has 0 amide bonds. The van der Waals surface area contributed by atoms with E-state index in [1.54, 1.807) is 0 Å². The van der Waals surface area contributed by atoms with Crippen LogP contribution in [0, 0.1) is 0 Å². The Kier molecular flexibility index (Phi) is 3.13. The highest BCUT2D eigenvalue weighted by Crippen LogP contribution is 2.28. The zero-order valence-corrected chi connectivity index (χ0v) is 10.3. The van der Waals surface area contributed by atoms with Gasteiger partial charge in [-0.3, -0.25) is 4.98 Å². The third kappa shape index (κ3) is 2.30. The minimum Gasteiger partial charge on any atom is -0.383 e. The molecule has 1 aromatic heterocycles. The molecule has 2 aromatic rings. The van der Waals surface area contributed by atoms with E-state index >= 15 is 0 Å². The molecule has 2 heterocycles. The van der Waals surface area contributed by atoms with Crippen LogP contribution in [0.3, 0.4) is 0 Å². The lowest BCUT2D eigenvalue weighted by atomic mass is 10.2. The van der Waals surface area contributed by atoms with Crippen LogP contribution in [0.1, 0.15) is 12.0 Å². The first-order chi connectivity index (χ1) is 8.93. The van der Waals surface area contributed by atoms with Gasteiger partial charge in [0.05, 0.1) is 11.4 Å². The molecule has 3 heteroatoms. The lowest BCUT2D eigenvalue weighted by Gasteiger charge is -2.24. The van der Waals surface area contributed by atoms with E-state index in [2.05, 4.69) is 51.6 Å². The lowest BCUT2D eigenvalue weighted by molar-refractivity contribution is 0.763. The molecule has 0 saturated carbocycles. The maximum Gasteiger partial charge on any atom is 0.0605 e. The number of para-hydroxylation sites is 2. The summed E-state index contributed by atoms with van der Waals surface area (Å²) in [6.07, 6.45) is 4.88. The topological polar surface area (TPSA) is 28.2 Å². The number of nitrogens with one attached hydrogen (secondary N) is 1. The molecule has 0 radical (unpaired) electrons. The second kappa shape index (κ2) is 5.08. The smallest absolute Gasteiger partial charge is 0.0605 e. The second-order valence-electron chi connectivity index (χ2n) is 4.57. The Morgan fingerprint density at radius 3 is 2.83 bits per heavy atom. The van der Waals surface area contributed by atoms with Crippen molar-refractivity contribution in [3.63, 3.8) is 0 Å². The van der Waals surface area contributed by atoms with Gasteiger partial charge in [-0.15, -0.1) is 0 Å². The van der Waals surface area contributed by atoms with Crippen molar-refractivity contribution in [1.29, 1.82) is 0 Å². The van der Waals surface area contributed by atoms with Crippen LogP contribution in [0.15, 0.2) is 48.8 Å². The highest BCUT2D eigenvalue weighted by molar-refractivity contribution is 5.70. The third-order valence-corrected chi connectivity index (χ3v) is 3.29. The van der Waals surface area contributed by atoms with Gasteiger partial charge in [0.2, 0.25) is 0 Å². The SMILES string of the molecule is c1ccc2c(c1)NCCCN2Cc1ccncc1. The Hall–Kier alpha value is -2.03. The van der Waals surface area contributed by atoms with Crippen LogP contribution in [0.4, 0.5) is 11.4 Å². The summed E-state index contributed by atoms with van der Waals surface area (Å²) in [4.78, 5) is 6.51. The summed E-state index contributed by atoms with van der Waals surface area (Å²) in [6.45, 7) is 3.08. The van der Waals surface area contributed by atoms with Crippen LogP contribution in [0.2, 0.25) is 0 Å². The molecule has 0 bridgehead atoms. The average molecular weight is 239 g/mol. The maximum atomic E-state index is 4.07. The fourth-order valence-electron chi connectivity index (χ4n) is 2.39. The average Bonchev–Trinajstić information content (AvgIpc) is 2.63. The van der Waals surface area contributed by atoms with Crippen LogP contribution in [-0.2, 0) is 6.54 Å². The predicted octanol–water partition coefficient (Wildman–Crippen LogP) is 2.90. The molecule has 3 nitrogen and oxygen atoms in total. The van der Waals surface area contributed by atoms with E-state index in [4.69, 9.17) is 0 Å². The van der Waals surface area contributed by atoms with Gasteiger partial charge < -0.3 is 10.2 Å². The first kappa shape index (κ1) is 11.1. The normalized spacial score (nSPS) is 14.6. The molecule has 92 valence electrons. The molecular formula is C15H17N3. The Balaban J connectivity index is 1.88. The molecule has 18 heavy (non-hydrogen) atoms. The van der Waals surface area contributed by atoms with Crippen LogP contribution < -0.4 is 10.2 Å². The van der Waals surface area contributed by atoms with E-state index in [9.17, 15) is 0 Å². The number of hydrogen-bond acceptors (Lipinski definition) is 3. The molecule has 0 fully saturated rings. The zero-order chi connectivity index (χ0) is 12.2. The molecule has 3 rings (SSSR count). The van der Waals surface area contributed by atoms with Gasteiger partial charge in [0.15, 0.2) is 0 Å². The molecule has 1 N–H and O–H groups in total. The monoisotopic (exact) mass is 239 g/mol. The molecular weight excluding hydrogens is 222 g/mol. The predicted molar refractivity (Wildman–Crippen MR) is 74.8 cm³/mol. The zero-order valence-electron chi connectivity index (χ0n) is 10.3. The lowest BCUT2D eigenvalue weighted by Crippen LogP contribution is -2.23. The number of nitrogens with zero attached hydrogens (tertiary/aromatic N) is 2. The van der Waals surface area contributed by atoms with E-state index in [0.29, 0.717) is 0 Å². The summed E-state index contributed by atoms with van der Waals surface area (Å²) in [5.74, 6) is 0. The molecule has 1 aliphatic rings. The van der Waals surface area contributed by atoms with Crippen LogP contribution in [-0.4, -0.2) is 18.1 Å². The van der Waals surface area contributed by atoms with Crippen molar-refractivity contribution in [1.82, 2.24) is 4.98 Å². The molecule has 1 aromatic carbocycles. The number of anilines is 2. The number of rotatable bonds is 2. The number of pyridine rings is 1. The Morgan fingerprint density at radius 2 is 1.94 bits per heavy atom. The summed E-state index contributed by atoms with van der Waals surface area (Å²) in [5, 5.41) is 3.49. The van der Waals surface area contributed by atoms with Crippen LogP contribution >= 0.6 is 0 Å². The van der Waals surface area contributed by atoms with Gasteiger partial charge in [-0.1, -0.05) is 12.1 Å². The molecule has 0 spiro atoms.